The van der Waals surface area contributed by atoms with Crippen LogP contribution in [-0.4, -0.2) is 43.8 Å². The quantitative estimate of drug-likeness (QED) is 0.455. The number of hydrogen-bond donors (Lipinski definition) is 2. The highest BCUT2D eigenvalue weighted by atomic mass is 16.2. The van der Waals surface area contributed by atoms with Crippen LogP contribution < -0.4 is 5.32 Å². The van der Waals surface area contributed by atoms with Crippen LogP contribution >= 0.6 is 0 Å². The van der Waals surface area contributed by atoms with E-state index in [1.807, 2.05) is 72.4 Å². The molecule has 148 valence electrons. The molecule has 0 radical (unpaired) electrons. The van der Waals surface area contributed by atoms with Gasteiger partial charge >= 0.3 is 0 Å². The Labute approximate surface area is 169 Å². The molecule has 0 spiro atoms. The molecule has 2 N–H and O–H groups in total. The molecule has 7 nitrogen and oxygen atoms in total. The van der Waals surface area contributed by atoms with Gasteiger partial charge in [0.2, 0.25) is 0 Å². The van der Waals surface area contributed by atoms with Crippen molar-refractivity contribution in [1.82, 2.24) is 29.6 Å². The van der Waals surface area contributed by atoms with Crippen molar-refractivity contribution in [3.63, 3.8) is 0 Å². The zero-order valence-corrected chi connectivity index (χ0v) is 16.4. The number of hydrogen-bond acceptors (Lipinski definition) is 4. The van der Waals surface area contributed by atoms with Crippen molar-refractivity contribution < 1.29 is 4.79 Å². The van der Waals surface area contributed by atoms with Crippen LogP contribution in [0.15, 0.2) is 67.3 Å². The second kappa shape index (κ2) is 8.70. The Morgan fingerprint density at radius 3 is 2.79 bits per heavy atom. The maximum atomic E-state index is 13.2. The van der Waals surface area contributed by atoms with E-state index in [-0.39, 0.29) is 5.91 Å². The van der Waals surface area contributed by atoms with Crippen molar-refractivity contribution in [2.24, 2.45) is 0 Å². The number of nitrogens with zero attached hydrogens (tertiary/aromatic N) is 4. The lowest BCUT2D eigenvalue weighted by Crippen LogP contribution is -2.28. The molecule has 0 fully saturated rings. The van der Waals surface area contributed by atoms with Crippen LogP contribution in [0.2, 0.25) is 0 Å². The molecule has 7 heteroatoms. The maximum Gasteiger partial charge on any atom is 0.274 e. The number of amides is 1. The number of aromatic amines is 1. The highest BCUT2D eigenvalue weighted by Gasteiger charge is 2.21. The second-order valence-corrected chi connectivity index (χ2v) is 6.99. The van der Waals surface area contributed by atoms with Gasteiger partial charge in [-0.25, -0.2) is 9.97 Å². The monoisotopic (exact) mass is 388 g/mol. The van der Waals surface area contributed by atoms with Crippen LogP contribution in [0.3, 0.4) is 0 Å². The van der Waals surface area contributed by atoms with E-state index in [2.05, 4.69) is 20.3 Å². The number of carbonyl (C=O) groups excluding carboxylic acids is 1. The number of H-pyrrole nitrogens is 1. The minimum absolute atomic E-state index is 0.0806. The number of benzene rings is 1. The molecule has 1 aromatic carbocycles. The summed E-state index contributed by atoms with van der Waals surface area (Å²) in [5.41, 5.74) is 4.30. The van der Waals surface area contributed by atoms with Gasteiger partial charge in [0, 0.05) is 51.2 Å². The maximum absolute atomic E-state index is 13.2. The van der Waals surface area contributed by atoms with E-state index >= 15 is 0 Å². The van der Waals surface area contributed by atoms with Crippen molar-refractivity contribution in [2.75, 3.05) is 13.6 Å². The Morgan fingerprint density at radius 2 is 2.00 bits per heavy atom. The van der Waals surface area contributed by atoms with E-state index in [0.29, 0.717) is 18.8 Å². The number of pyridine rings is 1. The first-order valence-corrected chi connectivity index (χ1v) is 9.65. The van der Waals surface area contributed by atoms with Gasteiger partial charge in [0.15, 0.2) is 5.69 Å². The van der Waals surface area contributed by atoms with E-state index in [9.17, 15) is 4.79 Å². The standard InChI is InChI=1S/C22H24N6O/c1-27(15-17-7-3-2-4-8-17)22(29)21-19(28-12-6-5-9-20(28)26-21)14-23-11-10-18-13-24-16-25-18/h2-9,12-13,16,23H,10-11,14-15H2,1H3,(H,24,25). The summed E-state index contributed by atoms with van der Waals surface area (Å²) in [4.78, 5) is 26.6. The molecule has 3 heterocycles. The molecule has 0 bridgehead atoms. The van der Waals surface area contributed by atoms with Crippen LogP contribution in [0.1, 0.15) is 27.4 Å². The summed E-state index contributed by atoms with van der Waals surface area (Å²) in [6.45, 7) is 1.87. The molecule has 0 aliphatic rings. The third kappa shape index (κ3) is 4.35. The molecular weight excluding hydrogens is 364 g/mol. The predicted molar refractivity (Wildman–Crippen MR) is 111 cm³/mol. The molecule has 4 rings (SSSR count). The number of aromatic nitrogens is 4. The molecule has 4 aromatic rings. The Balaban J connectivity index is 1.51. The Kier molecular flexibility index (Phi) is 5.67. The average molecular weight is 388 g/mol. The molecule has 3 aromatic heterocycles. The molecule has 0 unspecified atom stereocenters. The van der Waals surface area contributed by atoms with Crippen LogP contribution in [-0.2, 0) is 19.5 Å². The number of fused-ring (bicyclic) bond motifs is 1. The lowest BCUT2D eigenvalue weighted by Gasteiger charge is -2.17. The lowest BCUT2D eigenvalue weighted by atomic mass is 10.2. The molecule has 0 saturated carbocycles. The predicted octanol–water partition coefficient (Wildman–Crippen LogP) is 2.66. The summed E-state index contributed by atoms with van der Waals surface area (Å²) in [7, 11) is 1.81. The summed E-state index contributed by atoms with van der Waals surface area (Å²) in [5, 5.41) is 3.42. The summed E-state index contributed by atoms with van der Waals surface area (Å²) < 4.78 is 1.98. The van der Waals surface area contributed by atoms with E-state index < -0.39 is 0 Å². The molecule has 0 atom stereocenters. The largest absolute Gasteiger partial charge is 0.348 e. The SMILES string of the molecule is CN(Cc1ccccc1)C(=O)c1nc2ccccn2c1CNCCc1cnc[nH]1. The topological polar surface area (TPSA) is 78.3 Å². The molecule has 0 saturated heterocycles. The van der Waals surface area contributed by atoms with Gasteiger partial charge in [-0.15, -0.1) is 0 Å². The van der Waals surface area contributed by atoms with Gasteiger partial charge in [0.25, 0.3) is 5.91 Å². The van der Waals surface area contributed by atoms with Gasteiger partial charge in [-0.05, 0) is 17.7 Å². The van der Waals surface area contributed by atoms with E-state index in [1.165, 1.54) is 0 Å². The first-order chi connectivity index (χ1) is 14.2. The fourth-order valence-electron chi connectivity index (χ4n) is 3.35. The third-order valence-corrected chi connectivity index (χ3v) is 4.86. The van der Waals surface area contributed by atoms with Crippen molar-refractivity contribution in [2.45, 2.75) is 19.5 Å². The van der Waals surface area contributed by atoms with Gasteiger partial charge in [-0.2, -0.15) is 0 Å². The van der Waals surface area contributed by atoms with Gasteiger partial charge in [-0.1, -0.05) is 36.4 Å². The average Bonchev–Trinajstić information content (AvgIpc) is 3.39. The van der Waals surface area contributed by atoms with E-state index in [4.69, 9.17) is 0 Å². The smallest absolute Gasteiger partial charge is 0.274 e. The number of nitrogens with one attached hydrogen (secondary N) is 2. The normalized spacial score (nSPS) is 11.1. The third-order valence-electron chi connectivity index (χ3n) is 4.86. The molecular formula is C22H24N6O. The van der Waals surface area contributed by atoms with Crippen LogP contribution in [0, 0.1) is 0 Å². The fourth-order valence-corrected chi connectivity index (χ4v) is 3.35. The first-order valence-electron chi connectivity index (χ1n) is 9.65. The molecule has 0 aliphatic heterocycles. The zero-order valence-electron chi connectivity index (χ0n) is 16.4. The minimum Gasteiger partial charge on any atom is -0.348 e. The van der Waals surface area contributed by atoms with Crippen molar-refractivity contribution >= 4 is 11.6 Å². The summed E-state index contributed by atoms with van der Waals surface area (Å²) in [6, 6.07) is 15.8. The summed E-state index contributed by atoms with van der Waals surface area (Å²) in [6.07, 6.45) is 6.29. The highest BCUT2D eigenvalue weighted by Crippen LogP contribution is 2.16. The summed E-state index contributed by atoms with van der Waals surface area (Å²) >= 11 is 0. The number of rotatable bonds is 8. The lowest BCUT2D eigenvalue weighted by molar-refractivity contribution is 0.0778. The molecule has 29 heavy (non-hydrogen) atoms. The van der Waals surface area contributed by atoms with Crippen molar-refractivity contribution in [1.29, 1.82) is 0 Å². The second-order valence-electron chi connectivity index (χ2n) is 6.99. The Bertz CT molecular complexity index is 1070. The van der Waals surface area contributed by atoms with Crippen LogP contribution in [0.4, 0.5) is 0 Å². The number of imidazole rings is 2. The number of carbonyl (C=O) groups is 1. The zero-order chi connectivity index (χ0) is 20.1. The van der Waals surface area contributed by atoms with Crippen molar-refractivity contribution in [3.8, 4) is 0 Å². The van der Waals surface area contributed by atoms with E-state index in [1.54, 1.807) is 11.2 Å². The Hall–Kier alpha value is -3.45. The van der Waals surface area contributed by atoms with E-state index in [0.717, 1.165) is 35.6 Å². The van der Waals surface area contributed by atoms with Gasteiger partial charge in [0.1, 0.15) is 5.65 Å². The fraction of sp³-hybridized carbons (Fsp3) is 0.227. The van der Waals surface area contributed by atoms with Crippen LogP contribution in [0.5, 0.6) is 0 Å². The molecule has 1 amide bonds. The van der Waals surface area contributed by atoms with Gasteiger partial charge in [-0.3, -0.25) is 4.79 Å². The van der Waals surface area contributed by atoms with Crippen molar-refractivity contribution in [3.05, 3.63) is 89.9 Å². The summed E-state index contributed by atoms with van der Waals surface area (Å²) in [5.74, 6) is -0.0806. The Morgan fingerprint density at radius 1 is 1.17 bits per heavy atom. The molecule has 0 aliphatic carbocycles. The first kappa shape index (κ1) is 18.9. The van der Waals surface area contributed by atoms with Gasteiger partial charge < -0.3 is 19.6 Å². The van der Waals surface area contributed by atoms with Crippen LogP contribution in [0.25, 0.3) is 5.65 Å². The van der Waals surface area contributed by atoms with Gasteiger partial charge in [0.05, 0.1) is 12.0 Å². The highest BCUT2D eigenvalue weighted by molar-refractivity contribution is 5.94. The minimum atomic E-state index is -0.0806.